The molecule has 1 aromatic heterocycles. The average Bonchev–Trinajstić information content (AvgIpc) is 3.42. The molecule has 234 valence electrons. The molecule has 0 unspecified atom stereocenters. The van der Waals surface area contributed by atoms with E-state index < -0.39 is 0 Å². The highest BCUT2D eigenvalue weighted by molar-refractivity contribution is 6.27. The molecule has 2 heterocycles. The number of aliphatic imine (C=N–C) groups is 1. The third-order valence-electron chi connectivity index (χ3n) is 10.1. The van der Waals surface area contributed by atoms with Gasteiger partial charge >= 0.3 is 0 Å². The molecule has 10 rings (SSSR count). The quantitative estimate of drug-likeness (QED) is 0.176. The summed E-state index contributed by atoms with van der Waals surface area (Å²) >= 11 is 0. The van der Waals surface area contributed by atoms with Gasteiger partial charge in [-0.05, 0) is 96.9 Å². The maximum Gasteiger partial charge on any atom is 0.136 e. The SMILES string of the molecule is C1=C(c2ccccc2)CC=C(c2ccccc2)N=C1c1cc(-c2ccc3c4ccccc4c4ccccc4c3c2)cc2oc3ccccc3c12. The molecule has 0 fully saturated rings. The lowest BCUT2D eigenvalue weighted by atomic mass is 9.90. The van der Waals surface area contributed by atoms with Crippen molar-refractivity contribution in [1.82, 2.24) is 0 Å². The summed E-state index contributed by atoms with van der Waals surface area (Å²) in [5.41, 5.74) is 10.4. The van der Waals surface area contributed by atoms with Crippen LogP contribution in [0.1, 0.15) is 23.1 Å². The number of para-hydroxylation sites is 1. The second-order valence-electron chi connectivity index (χ2n) is 13.0. The highest BCUT2D eigenvalue weighted by Gasteiger charge is 2.20. The van der Waals surface area contributed by atoms with E-state index in [-0.39, 0.29) is 0 Å². The van der Waals surface area contributed by atoms with Crippen molar-refractivity contribution in [2.24, 2.45) is 4.99 Å². The molecule has 0 saturated heterocycles. The Labute approximate surface area is 290 Å². The third kappa shape index (κ3) is 4.69. The predicted octanol–water partition coefficient (Wildman–Crippen LogP) is 13.0. The van der Waals surface area contributed by atoms with E-state index in [4.69, 9.17) is 9.41 Å². The Bertz CT molecular complexity index is 2840. The molecule has 0 atom stereocenters. The van der Waals surface area contributed by atoms with E-state index in [0.717, 1.165) is 62.0 Å². The summed E-state index contributed by atoms with van der Waals surface area (Å²) in [4.78, 5) is 5.45. The van der Waals surface area contributed by atoms with Crippen molar-refractivity contribution in [2.75, 3.05) is 0 Å². The van der Waals surface area contributed by atoms with Crippen LogP contribution in [-0.2, 0) is 0 Å². The molecule has 9 aromatic rings. The van der Waals surface area contributed by atoms with Crippen LogP contribution in [-0.4, -0.2) is 5.71 Å². The average molecular weight is 638 g/mol. The monoisotopic (exact) mass is 637 g/mol. The third-order valence-corrected chi connectivity index (χ3v) is 10.1. The van der Waals surface area contributed by atoms with E-state index in [1.165, 1.54) is 43.5 Å². The van der Waals surface area contributed by atoms with Crippen LogP contribution in [0.4, 0.5) is 0 Å². The van der Waals surface area contributed by atoms with Gasteiger partial charge in [-0.2, -0.15) is 0 Å². The van der Waals surface area contributed by atoms with Gasteiger partial charge in [-0.25, -0.2) is 4.99 Å². The van der Waals surface area contributed by atoms with E-state index in [1.807, 2.05) is 6.07 Å². The van der Waals surface area contributed by atoms with Crippen LogP contribution >= 0.6 is 0 Å². The second kappa shape index (κ2) is 11.6. The van der Waals surface area contributed by atoms with E-state index >= 15 is 0 Å². The van der Waals surface area contributed by atoms with Gasteiger partial charge in [0.25, 0.3) is 0 Å². The number of nitrogens with zero attached hydrogens (tertiary/aromatic N) is 1. The Morgan fingerprint density at radius 2 is 1.00 bits per heavy atom. The van der Waals surface area contributed by atoms with Crippen LogP contribution in [0.2, 0.25) is 0 Å². The standard InChI is InChI=1S/C48H31NO/c1-3-13-31(14-4-1)34-24-26-44(32-15-5-2-6-16-32)49-45(29-34)43-28-35(30-47-48(43)41-21-11-12-22-46(41)50-47)33-23-25-40-38-19-8-7-17-36(38)37-18-9-10-20-39(37)42(40)27-33/h1-23,25-30H,24H2. The summed E-state index contributed by atoms with van der Waals surface area (Å²) in [5.74, 6) is 0. The van der Waals surface area contributed by atoms with Crippen LogP contribution in [0.3, 0.4) is 0 Å². The number of benzene rings is 8. The van der Waals surface area contributed by atoms with Gasteiger partial charge in [-0.15, -0.1) is 0 Å². The lowest BCUT2D eigenvalue weighted by Crippen LogP contribution is -2.00. The molecular weight excluding hydrogens is 607 g/mol. The Kier molecular flexibility index (Phi) is 6.60. The fourth-order valence-electron chi connectivity index (χ4n) is 7.73. The van der Waals surface area contributed by atoms with Crippen molar-refractivity contribution in [1.29, 1.82) is 0 Å². The summed E-state index contributed by atoms with van der Waals surface area (Å²) in [7, 11) is 0. The Morgan fingerprint density at radius 1 is 0.420 bits per heavy atom. The van der Waals surface area contributed by atoms with Crippen molar-refractivity contribution in [3.05, 3.63) is 193 Å². The fourth-order valence-corrected chi connectivity index (χ4v) is 7.73. The predicted molar refractivity (Wildman–Crippen MR) is 212 cm³/mol. The minimum atomic E-state index is 0.780. The first-order chi connectivity index (χ1) is 24.8. The molecule has 0 bridgehead atoms. The highest BCUT2D eigenvalue weighted by Crippen LogP contribution is 2.41. The zero-order valence-corrected chi connectivity index (χ0v) is 27.3. The van der Waals surface area contributed by atoms with Gasteiger partial charge in [0, 0.05) is 16.3 Å². The van der Waals surface area contributed by atoms with E-state index in [9.17, 15) is 0 Å². The van der Waals surface area contributed by atoms with Crippen LogP contribution in [0, 0.1) is 0 Å². The van der Waals surface area contributed by atoms with Crippen molar-refractivity contribution in [2.45, 2.75) is 6.42 Å². The van der Waals surface area contributed by atoms with Crippen molar-refractivity contribution in [3.8, 4) is 11.1 Å². The second-order valence-corrected chi connectivity index (χ2v) is 13.0. The lowest BCUT2D eigenvalue weighted by molar-refractivity contribution is 0.669. The van der Waals surface area contributed by atoms with Gasteiger partial charge in [0.2, 0.25) is 0 Å². The molecule has 1 aliphatic rings. The molecule has 1 aliphatic heterocycles. The largest absolute Gasteiger partial charge is 0.456 e. The number of allylic oxidation sites excluding steroid dienone is 3. The minimum Gasteiger partial charge on any atom is -0.456 e. The summed E-state index contributed by atoms with van der Waals surface area (Å²) in [5, 5.41) is 9.76. The first-order valence-corrected chi connectivity index (χ1v) is 17.2. The maximum absolute atomic E-state index is 6.63. The van der Waals surface area contributed by atoms with Gasteiger partial charge in [-0.3, -0.25) is 0 Å². The maximum atomic E-state index is 6.63. The fraction of sp³-hybridized carbons (Fsp3) is 0.0208. The number of fused-ring (bicyclic) bond motifs is 9. The summed E-state index contributed by atoms with van der Waals surface area (Å²) in [6, 6.07) is 58.4. The molecule has 50 heavy (non-hydrogen) atoms. The molecular formula is C48H31NO. The van der Waals surface area contributed by atoms with Crippen molar-refractivity contribution < 1.29 is 4.42 Å². The molecule has 2 nitrogen and oxygen atoms in total. The van der Waals surface area contributed by atoms with Gasteiger partial charge in [0.1, 0.15) is 11.2 Å². The van der Waals surface area contributed by atoms with E-state index in [1.54, 1.807) is 0 Å². The smallest absolute Gasteiger partial charge is 0.136 e. The molecule has 0 amide bonds. The number of hydrogen-bond donors (Lipinski definition) is 0. The topological polar surface area (TPSA) is 25.5 Å². The van der Waals surface area contributed by atoms with Crippen LogP contribution in [0.15, 0.2) is 185 Å². The Balaban J connectivity index is 1.25. The number of hydrogen-bond acceptors (Lipinski definition) is 2. The van der Waals surface area contributed by atoms with Crippen LogP contribution in [0.5, 0.6) is 0 Å². The molecule has 0 saturated carbocycles. The van der Waals surface area contributed by atoms with Crippen LogP contribution < -0.4 is 0 Å². The summed E-state index contributed by atoms with van der Waals surface area (Å²) in [6.07, 6.45) is 5.32. The van der Waals surface area contributed by atoms with Crippen molar-refractivity contribution in [3.63, 3.8) is 0 Å². The zero-order chi connectivity index (χ0) is 33.0. The molecule has 0 radical (unpaired) electrons. The molecule has 2 heteroatoms. The first-order valence-electron chi connectivity index (χ1n) is 17.2. The molecule has 8 aromatic carbocycles. The number of furan rings is 1. The van der Waals surface area contributed by atoms with E-state index in [2.05, 4.69) is 170 Å². The lowest BCUT2D eigenvalue weighted by Gasteiger charge is -2.13. The van der Waals surface area contributed by atoms with Gasteiger partial charge in [0.05, 0.1) is 11.4 Å². The zero-order valence-electron chi connectivity index (χ0n) is 27.3. The normalized spacial score (nSPS) is 13.5. The summed E-state index contributed by atoms with van der Waals surface area (Å²) < 4.78 is 6.63. The summed E-state index contributed by atoms with van der Waals surface area (Å²) in [6.45, 7) is 0. The van der Waals surface area contributed by atoms with E-state index in [0.29, 0.717) is 0 Å². The van der Waals surface area contributed by atoms with Gasteiger partial charge in [-0.1, -0.05) is 146 Å². The van der Waals surface area contributed by atoms with Gasteiger partial charge < -0.3 is 4.42 Å². The minimum absolute atomic E-state index is 0.780. The number of rotatable bonds is 4. The molecule has 0 aliphatic carbocycles. The highest BCUT2D eigenvalue weighted by atomic mass is 16.3. The van der Waals surface area contributed by atoms with Gasteiger partial charge in [0.15, 0.2) is 0 Å². The molecule has 0 N–H and O–H groups in total. The van der Waals surface area contributed by atoms with Crippen LogP contribution in [0.25, 0.3) is 76.7 Å². The molecule has 0 spiro atoms. The van der Waals surface area contributed by atoms with Crippen molar-refractivity contribution >= 4 is 71.2 Å². The Hall–Kier alpha value is -6.51. The first kappa shape index (κ1) is 28.5. The Morgan fingerprint density at radius 3 is 1.70 bits per heavy atom.